The van der Waals surface area contributed by atoms with Crippen LogP contribution in [0.2, 0.25) is 0 Å². The van der Waals surface area contributed by atoms with Crippen molar-refractivity contribution in [3.63, 3.8) is 0 Å². The molecular formula is C18H26IN5O. The van der Waals surface area contributed by atoms with Crippen LogP contribution in [0.1, 0.15) is 12.0 Å². The number of hydrogen-bond donors (Lipinski definition) is 2. The molecule has 136 valence electrons. The molecule has 0 aliphatic rings. The first-order valence-corrected chi connectivity index (χ1v) is 8.05. The SMILES string of the molecule is C=CCOc1ccccc1CNC(=NC)NCCCn1ccnc1.I. The molecule has 0 aliphatic carbocycles. The molecule has 7 heteroatoms. The zero-order chi connectivity index (χ0) is 17.0. The highest BCUT2D eigenvalue weighted by Crippen LogP contribution is 2.17. The number of para-hydroxylation sites is 1. The summed E-state index contributed by atoms with van der Waals surface area (Å²) in [5.41, 5.74) is 1.08. The van der Waals surface area contributed by atoms with Crippen molar-refractivity contribution in [1.29, 1.82) is 0 Å². The molecule has 1 heterocycles. The number of hydrogen-bond acceptors (Lipinski definition) is 3. The molecule has 25 heavy (non-hydrogen) atoms. The molecule has 0 saturated carbocycles. The second kappa shape index (κ2) is 12.3. The van der Waals surface area contributed by atoms with Crippen molar-refractivity contribution < 1.29 is 4.74 Å². The predicted octanol–water partition coefficient (Wildman–Crippen LogP) is 2.82. The molecule has 0 aliphatic heterocycles. The summed E-state index contributed by atoms with van der Waals surface area (Å²) in [5, 5.41) is 6.62. The van der Waals surface area contributed by atoms with Crippen molar-refractivity contribution in [3.05, 3.63) is 61.2 Å². The Bertz CT molecular complexity index is 643. The second-order valence-electron chi connectivity index (χ2n) is 5.21. The van der Waals surface area contributed by atoms with E-state index in [0.29, 0.717) is 13.2 Å². The van der Waals surface area contributed by atoms with Crippen LogP contribution in [0.15, 0.2) is 60.6 Å². The molecule has 0 spiro atoms. The van der Waals surface area contributed by atoms with E-state index >= 15 is 0 Å². The standard InChI is InChI=1S/C18H25N5O.HI/c1-3-13-24-17-8-5-4-7-16(17)14-22-18(19-2)21-9-6-11-23-12-10-20-15-23;/h3-5,7-8,10,12,15H,1,6,9,11,13-14H2,2H3,(H2,19,21,22);1H. The summed E-state index contributed by atoms with van der Waals surface area (Å²) >= 11 is 0. The highest BCUT2D eigenvalue weighted by atomic mass is 127. The van der Waals surface area contributed by atoms with Gasteiger partial charge in [-0.25, -0.2) is 4.98 Å². The fourth-order valence-electron chi connectivity index (χ4n) is 2.23. The van der Waals surface area contributed by atoms with Gasteiger partial charge in [0.1, 0.15) is 12.4 Å². The number of nitrogens with one attached hydrogen (secondary N) is 2. The first-order valence-electron chi connectivity index (χ1n) is 8.05. The van der Waals surface area contributed by atoms with Crippen molar-refractivity contribution in [1.82, 2.24) is 20.2 Å². The molecule has 1 aromatic heterocycles. The van der Waals surface area contributed by atoms with Gasteiger partial charge in [-0.3, -0.25) is 4.99 Å². The van der Waals surface area contributed by atoms with Crippen LogP contribution in [0.25, 0.3) is 0 Å². The van der Waals surface area contributed by atoms with Crippen LogP contribution < -0.4 is 15.4 Å². The summed E-state index contributed by atoms with van der Waals surface area (Å²) in [4.78, 5) is 8.28. The summed E-state index contributed by atoms with van der Waals surface area (Å²) in [5.74, 6) is 1.64. The lowest BCUT2D eigenvalue weighted by molar-refractivity contribution is 0.358. The van der Waals surface area contributed by atoms with E-state index in [1.807, 2.05) is 36.8 Å². The van der Waals surface area contributed by atoms with E-state index in [0.717, 1.165) is 36.8 Å². The molecule has 2 rings (SSSR count). The molecule has 2 aromatic rings. The maximum atomic E-state index is 5.67. The zero-order valence-electron chi connectivity index (χ0n) is 14.5. The van der Waals surface area contributed by atoms with Crippen LogP contribution in [0.3, 0.4) is 0 Å². The number of aryl methyl sites for hydroxylation is 1. The Morgan fingerprint density at radius 1 is 1.36 bits per heavy atom. The third-order valence-corrected chi connectivity index (χ3v) is 3.44. The van der Waals surface area contributed by atoms with Gasteiger partial charge in [0, 0.05) is 44.6 Å². The van der Waals surface area contributed by atoms with Gasteiger partial charge in [0.15, 0.2) is 5.96 Å². The fraction of sp³-hybridized carbons (Fsp3) is 0.333. The molecular weight excluding hydrogens is 429 g/mol. The number of imidazole rings is 1. The lowest BCUT2D eigenvalue weighted by atomic mass is 10.2. The first kappa shape index (κ1) is 21.0. The molecule has 0 radical (unpaired) electrons. The number of halogens is 1. The monoisotopic (exact) mass is 455 g/mol. The Labute approximate surface area is 166 Å². The maximum Gasteiger partial charge on any atom is 0.191 e. The van der Waals surface area contributed by atoms with E-state index < -0.39 is 0 Å². The quantitative estimate of drug-likeness (QED) is 0.201. The summed E-state index contributed by atoms with van der Waals surface area (Å²) in [6, 6.07) is 7.96. The third-order valence-electron chi connectivity index (χ3n) is 3.44. The third kappa shape index (κ3) is 7.59. The minimum atomic E-state index is 0. The van der Waals surface area contributed by atoms with Gasteiger partial charge < -0.3 is 19.9 Å². The lowest BCUT2D eigenvalue weighted by Gasteiger charge is -2.14. The van der Waals surface area contributed by atoms with E-state index in [2.05, 4.69) is 31.8 Å². The lowest BCUT2D eigenvalue weighted by Crippen LogP contribution is -2.37. The van der Waals surface area contributed by atoms with Gasteiger partial charge in [-0.2, -0.15) is 0 Å². The highest BCUT2D eigenvalue weighted by Gasteiger charge is 2.04. The Kier molecular flexibility index (Phi) is 10.4. The Morgan fingerprint density at radius 3 is 2.92 bits per heavy atom. The van der Waals surface area contributed by atoms with Crippen LogP contribution in [0, 0.1) is 0 Å². The van der Waals surface area contributed by atoms with E-state index in [1.54, 1.807) is 19.3 Å². The molecule has 0 amide bonds. The normalized spacial score (nSPS) is 10.7. The van der Waals surface area contributed by atoms with Gasteiger partial charge in [-0.05, 0) is 12.5 Å². The molecule has 1 aromatic carbocycles. The average Bonchev–Trinajstić information content (AvgIpc) is 3.13. The zero-order valence-corrected chi connectivity index (χ0v) is 16.8. The summed E-state index contributed by atoms with van der Waals surface area (Å²) in [7, 11) is 1.77. The number of aromatic nitrogens is 2. The molecule has 0 saturated heterocycles. The van der Waals surface area contributed by atoms with Crippen molar-refractivity contribution >= 4 is 29.9 Å². The van der Waals surface area contributed by atoms with Gasteiger partial charge in [-0.15, -0.1) is 24.0 Å². The van der Waals surface area contributed by atoms with Crippen LogP contribution in [0.5, 0.6) is 5.75 Å². The van der Waals surface area contributed by atoms with Crippen LogP contribution in [-0.4, -0.2) is 35.7 Å². The average molecular weight is 455 g/mol. The Balaban J connectivity index is 0.00000312. The summed E-state index contributed by atoms with van der Waals surface area (Å²) < 4.78 is 7.73. The number of rotatable bonds is 9. The minimum Gasteiger partial charge on any atom is -0.489 e. The Morgan fingerprint density at radius 2 is 2.20 bits per heavy atom. The first-order chi connectivity index (χ1) is 11.8. The van der Waals surface area contributed by atoms with E-state index in [9.17, 15) is 0 Å². The van der Waals surface area contributed by atoms with E-state index in [4.69, 9.17) is 4.74 Å². The topological polar surface area (TPSA) is 63.5 Å². The maximum absolute atomic E-state index is 5.67. The number of nitrogens with zero attached hydrogens (tertiary/aromatic N) is 3. The second-order valence-corrected chi connectivity index (χ2v) is 5.21. The molecule has 2 N–H and O–H groups in total. The molecule has 0 bridgehead atoms. The highest BCUT2D eigenvalue weighted by molar-refractivity contribution is 14.0. The van der Waals surface area contributed by atoms with Gasteiger partial charge in [0.05, 0.1) is 6.33 Å². The van der Waals surface area contributed by atoms with Crippen LogP contribution in [-0.2, 0) is 13.1 Å². The predicted molar refractivity (Wildman–Crippen MR) is 113 cm³/mol. The summed E-state index contributed by atoms with van der Waals surface area (Å²) in [6.45, 7) is 6.60. The molecule has 0 unspecified atom stereocenters. The van der Waals surface area contributed by atoms with Crippen LogP contribution >= 0.6 is 24.0 Å². The smallest absolute Gasteiger partial charge is 0.191 e. The van der Waals surface area contributed by atoms with E-state index in [-0.39, 0.29) is 24.0 Å². The van der Waals surface area contributed by atoms with Gasteiger partial charge in [0.2, 0.25) is 0 Å². The molecule has 0 atom stereocenters. The van der Waals surface area contributed by atoms with Crippen molar-refractivity contribution in [3.8, 4) is 5.75 Å². The van der Waals surface area contributed by atoms with Crippen LogP contribution in [0.4, 0.5) is 0 Å². The van der Waals surface area contributed by atoms with E-state index in [1.165, 1.54) is 0 Å². The molecule has 6 nitrogen and oxygen atoms in total. The Hall–Kier alpha value is -2.03. The fourth-order valence-corrected chi connectivity index (χ4v) is 2.23. The van der Waals surface area contributed by atoms with Crippen molar-refractivity contribution in [2.45, 2.75) is 19.5 Å². The number of aliphatic imine (C=N–C) groups is 1. The number of benzene rings is 1. The van der Waals surface area contributed by atoms with Crippen molar-refractivity contribution in [2.24, 2.45) is 4.99 Å². The summed E-state index contributed by atoms with van der Waals surface area (Å²) in [6.07, 6.45) is 8.32. The largest absolute Gasteiger partial charge is 0.489 e. The number of ether oxygens (including phenoxy) is 1. The minimum absolute atomic E-state index is 0. The van der Waals surface area contributed by atoms with Gasteiger partial charge in [0.25, 0.3) is 0 Å². The number of guanidine groups is 1. The molecule has 0 fully saturated rings. The van der Waals surface area contributed by atoms with Gasteiger partial charge >= 0.3 is 0 Å². The van der Waals surface area contributed by atoms with Crippen molar-refractivity contribution in [2.75, 3.05) is 20.2 Å². The van der Waals surface area contributed by atoms with Gasteiger partial charge in [-0.1, -0.05) is 30.9 Å².